The van der Waals surface area contributed by atoms with Gasteiger partial charge in [0.2, 0.25) is 5.91 Å². The Morgan fingerprint density at radius 1 is 0.938 bits per heavy atom. The van der Waals surface area contributed by atoms with Crippen LogP contribution in [-0.4, -0.2) is 33.7 Å². The summed E-state index contributed by atoms with van der Waals surface area (Å²) in [6, 6.07) is 18.7. The van der Waals surface area contributed by atoms with E-state index in [1.807, 2.05) is 54.8 Å². The van der Waals surface area contributed by atoms with E-state index in [4.69, 9.17) is 0 Å². The predicted octanol–water partition coefficient (Wildman–Crippen LogP) is 3.29. The van der Waals surface area contributed by atoms with Crippen molar-refractivity contribution in [3.8, 4) is 5.69 Å². The number of nitrogens with zero attached hydrogens (tertiary/aromatic N) is 2. The summed E-state index contributed by atoms with van der Waals surface area (Å²) in [7, 11) is 0. The van der Waals surface area contributed by atoms with Crippen molar-refractivity contribution in [2.75, 3.05) is 6.54 Å². The van der Waals surface area contributed by atoms with Gasteiger partial charge in [0.15, 0.2) is 0 Å². The van der Waals surface area contributed by atoms with Gasteiger partial charge in [-0.05, 0) is 56.2 Å². The quantitative estimate of drug-likeness (QED) is 0.610. The SMILES string of the molecule is Cc1cc(C(=O)NNC(=O)c2cccc(CN3CCCC3=O)c2)c(C)n1-c1ccccc1. The van der Waals surface area contributed by atoms with Gasteiger partial charge in [-0.2, -0.15) is 0 Å². The van der Waals surface area contributed by atoms with E-state index in [1.54, 1.807) is 29.2 Å². The Balaban J connectivity index is 1.42. The molecule has 164 valence electrons. The maximum Gasteiger partial charge on any atom is 0.271 e. The lowest BCUT2D eigenvalue weighted by atomic mass is 10.1. The third-order valence-electron chi connectivity index (χ3n) is 5.71. The fraction of sp³-hybridized carbons (Fsp3) is 0.240. The zero-order chi connectivity index (χ0) is 22.7. The van der Waals surface area contributed by atoms with Crippen LogP contribution in [0.4, 0.5) is 0 Å². The highest BCUT2D eigenvalue weighted by molar-refractivity contribution is 6.00. The van der Waals surface area contributed by atoms with Crippen molar-refractivity contribution < 1.29 is 14.4 Å². The van der Waals surface area contributed by atoms with Gasteiger partial charge in [-0.25, -0.2) is 0 Å². The molecule has 4 rings (SSSR count). The number of aromatic nitrogens is 1. The molecule has 2 aromatic carbocycles. The fourth-order valence-electron chi connectivity index (χ4n) is 4.12. The normalized spacial score (nSPS) is 13.3. The average Bonchev–Trinajstić information content (AvgIpc) is 3.34. The van der Waals surface area contributed by atoms with E-state index in [1.165, 1.54) is 0 Å². The molecule has 3 amide bonds. The van der Waals surface area contributed by atoms with Crippen molar-refractivity contribution in [1.82, 2.24) is 20.3 Å². The van der Waals surface area contributed by atoms with Crippen molar-refractivity contribution >= 4 is 17.7 Å². The Hall–Kier alpha value is -3.87. The van der Waals surface area contributed by atoms with Crippen molar-refractivity contribution in [1.29, 1.82) is 0 Å². The number of hydrogen-bond acceptors (Lipinski definition) is 3. The number of carbonyl (C=O) groups is 3. The molecule has 0 unspecified atom stereocenters. The Labute approximate surface area is 187 Å². The van der Waals surface area contributed by atoms with Gasteiger partial charge in [0.25, 0.3) is 11.8 Å². The lowest BCUT2D eigenvalue weighted by Crippen LogP contribution is -2.41. The molecule has 1 aromatic heterocycles. The van der Waals surface area contributed by atoms with Crippen LogP contribution in [0.1, 0.15) is 50.5 Å². The minimum absolute atomic E-state index is 0.139. The van der Waals surface area contributed by atoms with Crippen LogP contribution >= 0.6 is 0 Å². The second-order valence-electron chi connectivity index (χ2n) is 7.98. The summed E-state index contributed by atoms with van der Waals surface area (Å²) < 4.78 is 2.00. The molecule has 7 heteroatoms. The largest absolute Gasteiger partial charge is 0.338 e. The Morgan fingerprint density at radius 3 is 2.41 bits per heavy atom. The van der Waals surface area contributed by atoms with E-state index in [0.717, 1.165) is 35.6 Å². The molecule has 3 aromatic rings. The molecule has 1 fully saturated rings. The number of para-hydroxylation sites is 1. The first kappa shape index (κ1) is 21.4. The molecule has 1 saturated heterocycles. The standard InChI is InChI=1S/C25H26N4O3/c1-17-14-22(18(2)29(17)21-10-4-3-5-11-21)25(32)27-26-24(31)20-9-6-8-19(15-20)16-28-13-7-12-23(28)30/h3-6,8-11,14-15H,7,12-13,16H2,1-2H3,(H,26,31)(H,27,32). The molecule has 0 atom stereocenters. The minimum Gasteiger partial charge on any atom is -0.338 e. The number of carbonyl (C=O) groups excluding carboxylic acids is 3. The number of benzene rings is 2. The first-order valence-corrected chi connectivity index (χ1v) is 10.7. The molecule has 0 aliphatic carbocycles. The summed E-state index contributed by atoms with van der Waals surface area (Å²) in [5.41, 5.74) is 9.49. The van der Waals surface area contributed by atoms with Crippen molar-refractivity contribution in [2.24, 2.45) is 0 Å². The van der Waals surface area contributed by atoms with Crippen LogP contribution in [0.5, 0.6) is 0 Å². The summed E-state index contributed by atoms with van der Waals surface area (Å²) in [5, 5.41) is 0. The highest BCUT2D eigenvalue weighted by atomic mass is 16.2. The zero-order valence-corrected chi connectivity index (χ0v) is 18.2. The molecule has 2 heterocycles. The van der Waals surface area contributed by atoms with Crippen molar-refractivity contribution in [2.45, 2.75) is 33.2 Å². The van der Waals surface area contributed by atoms with Gasteiger partial charge in [0.1, 0.15) is 0 Å². The summed E-state index contributed by atoms with van der Waals surface area (Å²) in [4.78, 5) is 39.0. The third kappa shape index (κ3) is 4.42. The third-order valence-corrected chi connectivity index (χ3v) is 5.71. The first-order chi connectivity index (χ1) is 15.4. The van der Waals surface area contributed by atoms with E-state index in [9.17, 15) is 14.4 Å². The molecular formula is C25H26N4O3. The van der Waals surface area contributed by atoms with Gasteiger partial charge in [0.05, 0.1) is 5.56 Å². The maximum atomic E-state index is 12.7. The van der Waals surface area contributed by atoms with Gasteiger partial charge in [0, 0.05) is 42.1 Å². The number of aryl methyl sites for hydroxylation is 1. The monoisotopic (exact) mass is 430 g/mol. The van der Waals surface area contributed by atoms with E-state index in [-0.39, 0.29) is 11.8 Å². The van der Waals surface area contributed by atoms with Crippen LogP contribution in [0.2, 0.25) is 0 Å². The van der Waals surface area contributed by atoms with Crippen molar-refractivity contribution in [3.63, 3.8) is 0 Å². The van der Waals surface area contributed by atoms with Crippen LogP contribution in [-0.2, 0) is 11.3 Å². The molecule has 0 saturated carbocycles. The lowest BCUT2D eigenvalue weighted by molar-refractivity contribution is -0.128. The second-order valence-corrected chi connectivity index (χ2v) is 7.98. The van der Waals surface area contributed by atoms with Crippen LogP contribution in [0.3, 0.4) is 0 Å². The minimum atomic E-state index is -0.412. The Bertz CT molecular complexity index is 1170. The molecule has 1 aliphatic heterocycles. The van der Waals surface area contributed by atoms with E-state index < -0.39 is 5.91 Å². The number of hydrogen-bond donors (Lipinski definition) is 2. The fourth-order valence-corrected chi connectivity index (χ4v) is 4.12. The van der Waals surface area contributed by atoms with Gasteiger partial charge in [-0.15, -0.1) is 0 Å². The Kier molecular flexibility index (Phi) is 6.07. The van der Waals surface area contributed by atoms with Crippen LogP contribution < -0.4 is 10.9 Å². The number of hydrazine groups is 1. The average molecular weight is 431 g/mol. The van der Waals surface area contributed by atoms with Crippen LogP contribution in [0.25, 0.3) is 5.69 Å². The van der Waals surface area contributed by atoms with Crippen LogP contribution in [0, 0.1) is 13.8 Å². The number of nitrogens with one attached hydrogen (secondary N) is 2. The summed E-state index contributed by atoms with van der Waals surface area (Å²) in [5.74, 6) is -0.655. The first-order valence-electron chi connectivity index (χ1n) is 10.7. The summed E-state index contributed by atoms with van der Waals surface area (Å²) in [6.45, 7) is 5.04. The number of amides is 3. The highest BCUT2D eigenvalue weighted by Crippen LogP contribution is 2.20. The van der Waals surface area contributed by atoms with Crippen molar-refractivity contribution in [3.05, 3.63) is 88.7 Å². The number of rotatable bonds is 5. The molecular weight excluding hydrogens is 404 g/mol. The second kappa shape index (κ2) is 9.09. The van der Waals surface area contributed by atoms with Gasteiger partial charge < -0.3 is 9.47 Å². The molecule has 2 N–H and O–H groups in total. The van der Waals surface area contributed by atoms with Gasteiger partial charge in [-0.1, -0.05) is 30.3 Å². The highest BCUT2D eigenvalue weighted by Gasteiger charge is 2.21. The molecule has 7 nitrogen and oxygen atoms in total. The topological polar surface area (TPSA) is 83.4 Å². The summed E-state index contributed by atoms with van der Waals surface area (Å²) >= 11 is 0. The summed E-state index contributed by atoms with van der Waals surface area (Å²) in [6.07, 6.45) is 1.45. The molecule has 0 radical (unpaired) electrons. The molecule has 0 bridgehead atoms. The molecule has 32 heavy (non-hydrogen) atoms. The molecule has 1 aliphatic rings. The lowest BCUT2D eigenvalue weighted by Gasteiger charge is -2.16. The predicted molar refractivity (Wildman–Crippen MR) is 121 cm³/mol. The van der Waals surface area contributed by atoms with E-state index >= 15 is 0 Å². The maximum absolute atomic E-state index is 12.7. The van der Waals surface area contributed by atoms with E-state index in [0.29, 0.717) is 24.1 Å². The zero-order valence-electron chi connectivity index (χ0n) is 18.2. The van der Waals surface area contributed by atoms with Crippen LogP contribution in [0.15, 0.2) is 60.7 Å². The smallest absolute Gasteiger partial charge is 0.271 e. The van der Waals surface area contributed by atoms with Gasteiger partial charge >= 0.3 is 0 Å². The number of likely N-dealkylation sites (tertiary alicyclic amines) is 1. The Morgan fingerprint density at radius 2 is 1.69 bits per heavy atom. The molecule has 0 spiro atoms. The van der Waals surface area contributed by atoms with Gasteiger partial charge in [-0.3, -0.25) is 25.2 Å². The van der Waals surface area contributed by atoms with E-state index in [2.05, 4.69) is 10.9 Å².